The minimum Gasteiger partial charge on any atom is -0.454 e. The molecule has 2 aliphatic rings. The van der Waals surface area contributed by atoms with Crippen molar-refractivity contribution in [3.05, 3.63) is 63.8 Å². The van der Waals surface area contributed by atoms with Crippen LogP contribution in [0, 0.1) is 0 Å². The lowest BCUT2D eigenvalue weighted by atomic mass is 10.1. The van der Waals surface area contributed by atoms with E-state index in [1.165, 1.54) is 5.56 Å². The van der Waals surface area contributed by atoms with Gasteiger partial charge in [0, 0.05) is 11.6 Å². The van der Waals surface area contributed by atoms with Gasteiger partial charge in [0.15, 0.2) is 17.2 Å². The molecule has 0 saturated heterocycles. The van der Waals surface area contributed by atoms with Crippen LogP contribution in [0.25, 0.3) is 6.08 Å². The molecular formula is C19H14ClNO4. The molecule has 0 radical (unpaired) electrons. The van der Waals surface area contributed by atoms with Crippen molar-refractivity contribution in [2.75, 3.05) is 6.79 Å². The quantitative estimate of drug-likeness (QED) is 0.617. The Labute approximate surface area is 149 Å². The van der Waals surface area contributed by atoms with E-state index in [1.807, 2.05) is 24.3 Å². The van der Waals surface area contributed by atoms with Gasteiger partial charge in [-0.05, 0) is 41.8 Å². The lowest BCUT2D eigenvalue weighted by molar-refractivity contribution is -0.129. The highest BCUT2D eigenvalue weighted by molar-refractivity contribution is 6.32. The number of nitrogens with zero attached hydrogens (tertiary/aromatic N) is 1. The van der Waals surface area contributed by atoms with Crippen LogP contribution in [0.3, 0.4) is 0 Å². The van der Waals surface area contributed by atoms with Crippen LogP contribution in [0.4, 0.5) is 0 Å². The van der Waals surface area contributed by atoms with Crippen LogP contribution in [0.2, 0.25) is 5.02 Å². The molecule has 2 aromatic carbocycles. The summed E-state index contributed by atoms with van der Waals surface area (Å²) in [5.74, 6) is 0.947. The van der Waals surface area contributed by atoms with E-state index in [2.05, 4.69) is 11.9 Å². The number of benzene rings is 2. The van der Waals surface area contributed by atoms with Crippen molar-refractivity contribution in [1.82, 2.24) is 0 Å². The summed E-state index contributed by atoms with van der Waals surface area (Å²) in [5, 5.41) is 0.445. The predicted molar refractivity (Wildman–Crippen MR) is 94.0 cm³/mol. The number of aryl methyl sites for hydroxylation is 1. The van der Waals surface area contributed by atoms with E-state index in [4.69, 9.17) is 25.8 Å². The summed E-state index contributed by atoms with van der Waals surface area (Å²) in [5.41, 5.74) is 2.77. The Morgan fingerprint density at radius 3 is 2.60 bits per heavy atom. The van der Waals surface area contributed by atoms with Crippen LogP contribution in [0.1, 0.15) is 23.6 Å². The first-order valence-corrected chi connectivity index (χ1v) is 8.23. The van der Waals surface area contributed by atoms with Crippen LogP contribution in [0.15, 0.2) is 47.1 Å². The third-order valence-corrected chi connectivity index (χ3v) is 4.34. The van der Waals surface area contributed by atoms with E-state index >= 15 is 0 Å². The van der Waals surface area contributed by atoms with Crippen molar-refractivity contribution in [2.24, 2.45) is 4.99 Å². The molecule has 5 nitrogen and oxygen atoms in total. The van der Waals surface area contributed by atoms with E-state index in [0.717, 1.165) is 12.0 Å². The minimum atomic E-state index is -0.511. The van der Waals surface area contributed by atoms with Gasteiger partial charge in [-0.2, -0.15) is 0 Å². The molecule has 0 atom stereocenters. The monoisotopic (exact) mass is 355 g/mol. The molecule has 0 saturated carbocycles. The zero-order chi connectivity index (χ0) is 17.4. The maximum atomic E-state index is 12.1. The highest BCUT2D eigenvalue weighted by Crippen LogP contribution is 2.38. The van der Waals surface area contributed by atoms with Crippen LogP contribution in [-0.4, -0.2) is 18.7 Å². The Hall–Kier alpha value is -2.79. The van der Waals surface area contributed by atoms with Gasteiger partial charge >= 0.3 is 5.97 Å². The van der Waals surface area contributed by atoms with Crippen LogP contribution < -0.4 is 9.47 Å². The van der Waals surface area contributed by atoms with Gasteiger partial charge in [0.25, 0.3) is 0 Å². The second-order valence-corrected chi connectivity index (χ2v) is 6.02. The number of esters is 1. The maximum absolute atomic E-state index is 12.1. The van der Waals surface area contributed by atoms with Gasteiger partial charge in [-0.15, -0.1) is 0 Å². The summed E-state index contributed by atoms with van der Waals surface area (Å²) in [4.78, 5) is 16.4. The number of cyclic esters (lactones) is 1. The second-order valence-electron chi connectivity index (χ2n) is 5.61. The molecule has 6 heteroatoms. The number of carbonyl (C=O) groups excluding carboxylic acids is 1. The second kappa shape index (κ2) is 6.26. The Bertz CT molecular complexity index is 916. The van der Waals surface area contributed by atoms with Crippen molar-refractivity contribution in [3.63, 3.8) is 0 Å². The molecule has 0 fully saturated rings. The van der Waals surface area contributed by atoms with Crippen molar-refractivity contribution >= 4 is 29.5 Å². The molecule has 0 unspecified atom stereocenters. The molecule has 2 aromatic rings. The standard InChI is InChI=1S/C19H14ClNO4/c1-2-11-3-5-12(6-4-11)18-21-15(19(22)25-18)7-13-8-16-17(9-14(13)20)24-10-23-16/h3-9H,2,10H2,1H3/b15-7-. The van der Waals surface area contributed by atoms with Gasteiger partial charge in [-0.25, -0.2) is 9.79 Å². The van der Waals surface area contributed by atoms with E-state index in [-0.39, 0.29) is 18.4 Å². The van der Waals surface area contributed by atoms with Crippen molar-refractivity contribution in [1.29, 1.82) is 0 Å². The lowest BCUT2D eigenvalue weighted by Crippen LogP contribution is -2.05. The molecule has 2 aliphatic heterocycles. The molecule has 126 valence electrons. The third kappa shape index (κ3) is 2.98. The number of carbonyl (C=O) groups is 1. The van der Waals surface area contributed by atoms with Gasteiger partial charge in [-0.1, -0.05) is 30.7 Å². The fraction of sp³-hybridized carbons (Fsp3) is 0.158. The molecule has 0 bridgehead atoms. The van der Waals surface area contributed by atoms with E-state index in [9.17, 15) is 4.79 Å². The smallest absolute Gasteiger partial charge is 0.363 e. The highest BCUT2D eigenvalue weighted by Gasteiger charge is 2.25. The number of rotatable bonds is 3. The van der Waals surface area contributed by atoms with Crippen LogP contribution in [0.5, 0.6) is 11.5 Å². The zero-order valence-electron chi connectivity index (χ0n) is 13.4. The molecule has 4 rings (SSSR count). The molecule has 0 spiro atoms. The molecular weight excluding hydrogens is 342 g/mol. The van der Waals surface area contributed by atoms with Crippen LogP contribution in [-0.2, 0) is 16.0 Å². The summed E-state index contributed by atoms with van der Waals surface area (Å²) >= 11 is 6.24. The normalized spacial score (nSPS) is 17.0. The Morgan fingerprint density at radius 1 is 1.16 bits per heavy atom. The first-order valence-electron chi connectivity index (χ1n) is 7.85. The minimum absolute atomic E-state index is 0.157. The van der Waals surface area contributed by atoms with Gasteiger partial charge in [-0.3, -0.25) is 0 Å². The molecule has 0 aromatic heterocycles. The summed E-state index contributed by atoms with van der Waals surface area (Å²) in [7, 11) is 0. The summed E-state index contributed by atoms with van der Waals surface area (Å²) in [6, 6.07) is 11.1. The van der Waals surface area contributed by atoms with Gasteiger partial charge < -0.3 is 14.2 Å². The van der Waals surface area contributed by atoms with Crippen molar-refractivity contribution < 1.29 is 19.0 Å². The SMILES string of the molecule is CCc1ccc(C2=N/C(=C\c3cc4c(cc3Cl)OCO4)C(=O)O2)cc1. The Morgan fingerprint density at radius 2 is 1.88 bits per heavy atom. The Balaban J connectivity index is 1.67. The first kappa shape index (κ1) is 15.7. The largest absolute Gasteiger partial charge is 0.454 e. The maximum Gasteiger partial charge on any atom is 0.363 e. The number of aliphatic imine (C=N–C) groups is 1. The molecule has 2 heterocycles. The van der Waals surface area contributed by atoms with Crippen molar-refractivity contribution in [2.45, 2.75) is 13.3 Å². The number of halogens is 1. The third-order valence-electron chi connectivity index (χ3n) is 4.01. The highest BCUT2D eigenvalue weighted by atomic mass is 35.5. The average Bonchev–Trinajstić information content (AvgIpc) is 3.22. The van der Waals surface area contributed by atoms with E-state index in [0.29, 0.717) is 22.1 Å². The topological polar surface area (TPSA) is 57.1 Å². The summed E-state index contributed by atoms with van der Waals surface area (Å²) in [6.45, 7) is 2.24. The number of hydrogen-bond acceptors (Lipinski definition) is 5. The predicted octanol–water partition coefficient (Wildman–Crippen LogP) is 3.98. The van der Waals surface area contributed by atoms with Gasteiger partial charge in [0.05, 0.1) is 5.02 Å². The number of ether oxygens (including phenoxy) is 3. The van der Waals surface area contributed by atoms with Crippen molar-refractivity contribution in [3.8, 4) is 11.5 Å². The zero-order valence-corrected chi connectivity index (χ0v) is 14.2. The average molecular weight is 356 g/mol. The molecule has 0 aliphatic carbocycles. The molecule has 25 heavy (non-hydrogen) atoms. The Kier molecular flexibility index (Phi) is 3.93. The van der Waals surface area contributed by atoms with Crippen LogP contribution >= 0.6 is 11.6 Å². The summed E-state index contributed by atoms with van der Waals surface area (Å²) in [6.07, 6.45) is 2.53. The number of fused-ring (bicyclic) bond motifs is 1. The van der Waals surface area contributed by atoms with E-state index < -0.39 is 5.97 Å². The molecule has 0 N–H and O–H groups in total. The van der Waals surface area contributed by atoms with E-state index in [1.54, 1.807) is 18.2 Å². The lowest BCUT2D eigenvalue weighted by Gasteiger charge is -2.01. The summed E-state index contributed by atoms with van der Waals surface area (Å²) < 4.78 is 15.9. The fourth-order valence-electron chi connectivity index (χ4n) is 2.61. The molecule has 0 amide bonds. The van der Waals surface area contributed by atoms with Gasteiger partial charge in [0.2, 0.25) is 12.7 Å². The number of hydrogen-bond donors (Lipinski definition) is 0. The van der Waals surface area contributed by atoms with Gasteiger partial charge in [0.1, 0.15) is 0 Å². The fourth-order valence-corrected chi connectivity index (χ4v) is 2.81. The first-order chi connectivity index (χ1) is 12.1.